The van der Waals surface area contributed by atoms with Crippen LogP contribution in [-0.4, -0.2) is 22.4 Å². The monoisotopic (exact) mass is 283 g/mol. The highest BCUT2D eigenvalue weighted by atomic mass is 15.3. The highest BCUT2D eigenvalue weighted by Gasteiger charge is 2.42. The van der Waals surface area contributed by atoms with Crippen LogP contribution in [-0.2, 0) is 18.9 Å². The van der Waals surface area contributed by atoms with Gasteiger partial charge in [-0.15, -0.1) is 0 Å². The first-order valence-corrected chi connectivity index (χ1v) is 7.98. The maximum absolute atomic E-state index is 4.23. The summed E-state index contributed by atoms with van der Waals surface area (Å²) < 4.78 is 1.96. The maximum Gasteiger partial charge on any atom is 0.0492 e. The van der Waals surface area contributed by atoms with Gasteiger partial charge in [-0.2, -0.15) is 5.10 Å². The Hall–Kier alpha value is -1.61. The van der Waals surface area contributed by atoms with E-state index in [0.29, 0.717) is 11.5 Å². The lowest BCUT2D eigenvalue weighted by Gasteiger charge is -2.47. The Labute approximate surface area is 127 Å². The molecule has 1 aromatic heterocycles. The number of nitrogens with one attached hydrogen (secondary N) is 1. The maximum atomic E-state index is 4.23. The normalized spacial score (nSPS) is 18.2. The molecular formula is C18H25N3. The van der Waals surface area contributed by atoms with E-state index in [4.69, 9.17) is 0 Å². The second-order valence-electron chi connectivity index (χ2n) is 6.25. The van der Waals surface area contributed by atoms with Crippen molar-refractivity contribution in [3.05, 3.63) is 53.9 Å². The zero-order valence-corrected chi connectivity index (χ0v) is 13.0. The fourth-order valence-corrected chi connectivity index (χ4v) is 3.56. The molecule has 112 valence electrons. The molecule has 0 spiro atoms. The van der Waals surface area contributed by atoms with Gasteiger partial charge in [0.05, 0.1) is 0 Å². The van der Waals surface area contributed by atoms with Crippen LogP contribution in [0.5, 0.6) is 0 Å². The fourth-order valence-electron chi connectivity index (χ4n) is 3.56. The number of aromatic nitrogens is 2. The van der Waals surface area contributed by atoms with E-state index in [2.05, 4.69) is 53.7 Å². The highest BCUT2D eigenvalue weighted by Crippen LogP contribution is 2.46. The fraction of sp³-hybridized carbons (Fsp3) is 0.500. The molecule has 0 bridgehead atoms. The van der Waals surface area contributed by atoms with E-state index in [1.165, 1.54) is 30.5 Å². The van der Waals surface area contributed by atoms with Gasteiger partial charge >= 0.3 is 0 Å². The second-order valence-corrected chi connectivity index (χ2v) is 6.25. The number of nitrogens with zero attached hydrogens (tertiary/aromatic N) is 2. The van der Waals surface area contributed by atoms with Gasteiger partial charge in [0.15, 0.2) is 0 Å². The van der Waals surface area contributed by atoms with Gasteiger partial charge in [-0.25, -0.2) is 0 Å². The van der Waals surface area contributed by atoms with Gasteiger partial charge in [-0.1, -0.05) is 36.8 Å². The van der Waals surface area contributed by atoms with Crippen molar-refractivity contribution in [1.82, 2.24) is 15.1 Å². The Morgan fingerprint density at radius 2 is 2.00 bits per heavy atom. The van der Waals surface area contributed by atoms with E-state index >= 15 is 0 Å². The smallest absolute Gasteiger partial charge is 0.0492 e. The van der Waals surface area contributed by atoms with Crippen LogP contribution >= 0.6 is 0 Å². The SMILES string of the molecule is CC(NCCc1ccnn1C)C1(c2ccccc2)CCC1. The van der Waals surface area contributed by atoms with Crippen LogP contribution in [0.2, 0.25) is 0 Å². The standard InChI is InChI=1S/C18H25N3/c1-15(19-13-9-17-10-14-20-21(17)2)18(11-6-12-18)16-7-4-3-5-8-16/h3-5,7-8,10,14-15,19H,6,9,11-13H2,1-2H3. The van der Waals surface area contributed by atoms with Crippen LogP contribution < -0.4 is 5.32 Å². The van der Waals surface area contributed by atoms with Crippen molar-refractivity contribution in [3.8, 4) is 0 Å². The molecule has 21 heavy (non-hydrogen) atoms. The largest absolute Gasteiger partial charge is 0.313 e. The lowest BCUT2D eigenvalue weighted by atomic mass is 9.60. The molecule has 1 saturated carbocycles. The van der Waals surface area contributed by atoms with Crippen LogP contribution in [0.1, 0.15) is 37.4 Å². The molecule has 3 rings (SSSR count). The quantitative estimate of drug-likeness (QED) is 0.883. The Morgan fingerprint density at radius 1 is 1.24 bits per heavy atom. The van der Waals surface area contributed by atoms with Crippen LogP contribution in [0.15, 0.2) is 42.6 Å². The third kappa shape index (κ3) is 2.75. The van der Waals surface area contributed by atoms with Gasteiger partial charge in [-0.05, 0) is 31.4 Å². The molecule has 1 atom stereocenters. The summed E-state index contributed by atoms with van der Waals surface area (Å²) in [6, 6.07) is 13.6. The van der Waals surface area contributed by atoms with Crippen LogP contribution in [0.3, 0.4) is 0 Å². The number of benzene rings is 1. The van der Waals surface area contributed by atoms with Crippen LogP contribution in [0.25, 0.3) is 0 Å². The Balaban J connectivity index is 1.61. The van der Waals surface area contributed by atoms with Gasteiger partial charge in [0.2, 0.25) is 0 Å². The predicted molar refractivity (Wildman–Crippen MR) is 86.3 cm³/mol. The Kier molecular flexibility index (Phi) is 4.11. The lowest BCUT2D eigenvalue weighted by molar-refractivity contribution is 0.179. The zero-order valence-electron chi connectivity index (χ0n) is 13.0. The highest BCUT2D eigenvalue weighted by molar-refractivity contribution is 5.30. The molecule has 1 unspecified atom stereocenters. The first-order chi connectivity index (χ1) is 10.2. The van der Waals surface area contributed by atoms with Crippen molar-refractivity contribution in [2.45, 2.75) is 44.1 Å². The van der Waals surface area contributed by atoms with Crippen molar-refractivity contribution in [3.63, 3.8) is 0 Å². The first-order valence-electron chi connectivity index (χ1n) is 7.98. The van der Waals surface area contributed by atoms with Crippen molar-refractivity contribution < 1.29 is 0 Å². The van der Waals surface area contributed by atoms with E-state index < -0.39 is 0 Å². The molecular weight excluding hydrogens is 258 g/mol. The lowest BCUT2D eigenvalue weighted by Crippen LogP contribution is -2.51. The average Bonchev–Trinajstić information content (AvgIpc) is 2.84. The average molecular weight is 283 g/mol. The van der Waals surface area contributed by atoms with E-state index in [-0.39, 0.29) is 0 Å². The predicted octanol–water partition coefficient (Wildman–Crippen LogP) is 3.06. The van der Waals surface area contributed by atoms with Crippen molar-refractivity contribution in [2.24, 2.45) is 7.05 Å². The van der Waals surface area contributed by atoms with Gasteiger partial charge in [0, 0.05) is 43.4 Å². The van der Waals surface area contributed by atoms with Gasteiger partial charge in [-0.3, -0.25) is 4.68 Å². The number of rotatable bonds is 6. The minimum absolute atomic E-state index is 0.341. The Bertz CT molecular complexity index is 569. The van der Waals surface area contributed by atoms with E-state index in [9.17, 15) is 0 Å². The topological polar surface area (TPSA) is 29.9 Å². The molecule has 2 aromatic rings. The summed E-state index contributed by atoms with van der Waals surface area (Å²) in [5.74, 6) is 0. The molecule has 0 saturated heterocycles. The molecule has 1 fully saturated rings. The number of hydrogen-bond donors (Lipinski definition) is 1. The molecule has 0 radical (unpaired) electrons. The molecule has 1 aliphatic carbocycles. The van der Waals surface area contributed by atoms with Crippen molar-refractivity contribution >= 4 is 0 Å². The summed E-state index contributed by atoms with van der Waals surface area (Å²) in [7, 11) is 2.01. The van der Waals surface area contributed by atoms with Gasteiger partial charge < -0.3 is 5.32 Å². The van der Waals surface area contributed by atoms with Crippen LogP contribution in [0, 0.1) is 0 Å². The molecule has 1 aromatic carbocycles. The summed E-state index contributed by atoms with van der Waals surface area (Å²) in [6.07, 6.45) is 6.86. The number of aryl methyl sites for hydroxylation is 1. The summed E-state index contributed by atoms with van der Waals surface area (Å²) in [4.78, 5) is 0. The summed E-state index contributed by atoms with van der Waals surface area (Å²) in [5, 5.41) is 7.98. The molecule has 1 N–H and O–H groups in total. The molecule has 1 heterocycles. The molecule has 1 aliphatic rings. The van der Waals surface area contributed by atoms with Crippen molar-refractivity contribution in [2.75, 3.05) is 6.54 Å². The van der Waals surface area contributed by atoms with E-state index in [1.54, 1.807) is 0 Å². The van der Waals surface area contributed by atoms with Gasteiger partial charge in [0.25, 0.3) is 0 Å². The van der Waals surface area contributed by atoms with Crippen molar-refractivity contribution in [1.29, 1.82) is 0 Å². The number of hydrogen-bond acceptors (Lipinski definition) is 2. The molecule has 0 amide bonds. The minimum atomic E-state index is 0.341. The third-order valence-electron chi connectivity index (χ3n) is 5.18. The van der Waals surface area contributed by atoms with E-state index in [0.717, 1.165) is 13.0 Å². The summed E-state index contributed by atoms with van der Waals surface area (Å²) in [5.41, 5.74) is 3.13. The second kappa shape index (κ2) is 6.02. The van der Waals surface area contributed by atoms with Gasteiger partial charge in [0.1, 0.15) is 0 Å². The molecule has 3 heteroatoms. The summed E-state index contributed by atoms with van der Waals surface area (Å²) >= 11 is 0. The minimum Gasteiger partial charge on any atom is -0.313 e. The molecule has 0 aliphatic heterocycles. The Morgan fingerprint density at radius 3 is 2.57 bits per heavy atom. The molecule has 3 nitrogen and oxygen atoms in total. The third-order valence-corrected chi connectivity index (χ3v) is 5.18. The van der Waals surface area contributed by atoms with E-state index in [1.807, 2.05) is 17.9 Å². The first kappa shape index (κ1) is 14.3. The summed E-state index contributed by atoms with van der Waals surface area (Å²) in [6.45, 7) is 3.35. The van der Waals surface area contributed by atoms with Crippen LogP contribution in [0.4, 0.5) is 0 Å². The zero-order chi connectivity index (χ0) is 14.7.